The lowest BCUT2D eigenvalue weighted by Crippen LogP contribution is -2.34. The summed E-state index contributed by atoms with van der Waals surface area (Å²) in [6, 6.07) is 23.4. The van der Waals surface area contributed by atoms with Gasteiger partial charge in [0.05, 0.1) is 29.5 Å². The molecule has 0 bridgehead atoms. The number of anilines is 3. The predicted molar refractivity (Wildman–Crippen MR) is 129 cm³/mol. The fraction of sp³-hybridized carbons (Fsp3) is 0.115. The zero-order valence-electron chi connectivity index (χ0n) is 17.9. The summed E-state index contributed by atoms with van der Waals surface area (Å²) in [5.41, 5.74) is 3.79. The molecule has 1 aliphatic rings. The number of fused-ring (bicyclic) bond motifs is 2. The highest BCUT2D eigenvalue weighted by Crippen LogP contribution is 2.35. The number of carbonyl (C=O) groups excluding carboxylic acids is 2. The van der Waals surface area contributed by atoms with Gasteiger partial charge >= 0.3 is 6.03 Å². The molecule has 164 valence electrons. The van der Waals surface area contributed by atoms with E-state index in [1.54, 1.807) is 30.3 Å². The number of aromatic nitrogens is 1. The zero-order valence-corrected chi connectivity index (χ0v) is 17.9. The van der Waals surface area contributed by atoms with E-state index in [0.29, 0.717) is 28.0 Å². The maximum absolute atomic E-state index is 13.2. The smallest absolute Gasteiger partial charge is 0.326 e. The maximum atomic E-state index is 13.2. The van der Waals surface area contributed by atoms with Gasteiger partial charge in [-0.25, -0.2) is 9.78 Å². The van der Waals surface area contributed by atoms with Gasteiger partial charge in [-0.1, -0.05) is 54.6 Å². The first-order valence-electron chi connectivity index (χ1n) is 10.6. The van der Waals surface area contributed by atoms with Crippen LogP contribution in [0.4, 0.5) is 22.0 Å². The number of carbonyl (C=O) groups is 2. The number of nitrogens with zero attached hydrogens (tertiary/aromatic N) is 2. The zero-order chi connectivity index (χ0) is 22.9. The lowest BCUT2D eigenvalue weighted by atomic mass is 10.1. The first kappa shape index (κ1) is 20.7. The number of hydrogen-bond acceptors (Lipinski definition) is 4. The number of hydrogen-bond donors (Lipinski definition) is 3. The highest BCUT2D eigenvalue weighted by Gasteiger charge is 2.31. The van der Waals surface area contributed by atoms with Gasteiger partial charge in [0.25, 0.3) is 5.91 Å². The molecule has 0 spiro atoms. The summed E-state index contributed by atoms with van der Waals surface area (Å²) in [5, 5.41) is 16.9. The predicted octanol–water partition coefficient (Wildman–Crippen LogP) is 4.88. The molecule has 3 N–H and O–H groups in total. The Balaban J connectivity index is 1.49. The Labute approximate surface area is 190 Å². The Morgan fingerprint density at radius 3 is 2.55 bits per heavy atom. The van der Waals surface area contributed by atoms with E-state index in [9.17, 15) is 14.7 Å². The SMILES string of the molecule is Cc1ccccc1C(=O)Nc1nc2ccccc2cc1NC(=O)N1CC(O)c2ccccc21. The van der Waals surface area contributed by atoms with E-state index in [4.69, 9.17) is 0 Å². The number of nitrogens with one attached hydrogen (secondary N) is 2. The third-order valence-corrected chi connectivity index (χ3v) is 5.77. The highest BCUT2D eigenvalue weighted by atomic mass is 16.3. The molecule has 7 heteroatoms. The third kappa shape index (κ3) is 3.90. The Kier molecular flexibility index (Phi) is 5.24. The molecule has 33 heavy (non-hydrogen) atoms. The van der Waals surface area contributed by atoms with Crippen molar-refractivity contribution in [1.29, 1.82) is 0 Å². The van der Waals surface area contributed by atoms with Crippen molar-refractivity contribution in [1.82, 2.24) is 4.98 Å². The van der Waals surface area contributed by atoms with Crippen LogP contribution >= 0.6 is 0 Å². The molecular formula is C26H22N4O3. The molecule has 1 aliphatic heterocycles. The van der Waals surface area contributed by atoms with Crippen molar-refractivity contribution in [3.05, 3.63) is 95.6 Å². The Hall–Kier alpha value is -4.23. The second-order valence-corrected chi connectivity index (χ2v) is 7.96. The molecule has 0 fully saturated rings. The second kappa shape index (κ2) is 8.37. The van der Waals surface area contributed by atoms with Crippen LogP contribution in [0.15, 0.2) is 78.9 Å². The topological polar surface area (TPSA) is 94.6 Å². The van der Waals surface area contributed by atoms with Gasteiger partial charge in [0.15, 0.2) is 5.82 Å². The largest absolute Gasteiger partial charge is 0.386 e. The summed E-state index contributed by atoms with van der Waals surface area (Å²) in [7, 11) is 0. The average Bonchev–Trinajstić information content (AvgIpc) is 3.16. The Bertz CT molecular complexity index is 1390. The monoisotopic (exact) mass is 438 g/mol. The van der Waals surface area contributed by atoms with Gasteiger partial charge in [0.1, 0.15) is 0 Å². The van der Waals surface area contributed by atoms with Crippen LogP contribution in [0.3, 0.4) is 0 Å². The van der Waals surface area contributed by atoms with E-state index in [-0.39, 0.29) is 18.3 Å². The van der Waals surface area contributed by atoms with Crippen molar-refractivity contribution in [3.63, 3.8) is 0 Å². The number of urea groups is 1. The van der Waals surface area contributed by atoms with Gasteiger partial charge in [-0.2, -0.15) is 0 Å². The molecule has 0 saturated carbocycles. The standard InChI is InChI=1S/C26H22N4O3/c1-16-8-2-4-10-18(16)25(32)29-24-21(14-17-9-3-6-12-20(17)27-24)28-26(33)30-15-23(31)19-11-5-7-13-22(19)30/h2-14,23,31H,15H2,1H3,(H,28,33)(H,27,29,32). The summed E-state index contributed by atoms with van der Waals surface area (Å²) >= 11 is 0. The van der Waals surface area contributed by atoms with Gasteiger partial charge in [0.2, 0.25) is 0 Å². The highest BCUT2D eigenvalue weighted by molar-refractivity contribution is 6.10. The summed E-state index contributed by atoms with van der Waals surface area (Å²) in [4.78, 5) is 32.2. The van der Waals surface area contributed by atoms with Gasteiger partial charge in [0, 0.05) is 16.5 Å². The van der Waals surface area contributed by atoms with E-state index in [0.717, 1.165) is 10.9 Å². The van der Waals surface area contributed by atoms with Crippen LogP contribution in [-0.2, 0) is 0 Å². The molecule has 0 aliphatic carbocycles. The number of amides is 3. The minimum Gasteiger partial charge on any atom is -0.386 e. The molecule has 2 heterocycles. The van der Waals surface area contributed by atoms with Crippen molar-refractivity contribution in [2.45, 2.75) is 13.0 Å². The number of aliphatic hydroxyl groups excluding tert-OH is 1. The lowest BCUT2D eigenvalue weighted by Gasteiger charge is -2.20. The van der Waals surface area contributed by atoms with Crippen molar-refractivity contribution in [2.24, 2.45) is 0 Å². The van der Waals surface area contributed by atoms with E-state index < -0.39 is 12.1 Å². The van der Waals surface area contributed by atoms with Gasteiger partial charge in [-0.3, -0.25) is 9.69 Å². The van der Waals surface area contributed by atoms with Crippen LogP contribution in [0.2, 0.25) is 0 Å². The number of benzene rings is 3. The number of aliphatic hydroxyl groups is 1. The molecule has 3 aromatic carbocycles. The Morgan fingerprint density at radius 2 is 1.70 bits per heavy atom. The molecular weight excluding hydrogens is 416 g/mol. The number of aryl methyl sites for hydroxylation is 1. The van der Waals surface area contributed by atoms with Crippen molar-refractivity contribution in [2.75, 3.05) is 22.1 Å². The van der Waals surface area contributed by atoms with Crippen LogP contribution in [0.5, 0.6) is 0 Å². The quantitative estimate of drug-likeness (QED) is 0.425. The van der Waals surface area contributed by atoms with Crippen LogP contribution in [0, 0.1) is 6.92 Å². The molecule has 0 saturated heterocycles. The Morgan fingerprint density at radius 1 is 0.970 bits per heavy atom. The number of β-amino-alcohol motifs (C(OH)–C–C–N with tert-alkyl or cyclic N) is 1. The fourth-order valence-corrected chi connectivity index (χ4v) is 4.07. The molecule has 1 unspecified atom stereocenters. The van der Waals surface area contributed by atoms with E-state index in [1.807, 2.05) is 55.5 Å². The molecule has 5 rings (SSSR count). The minimum absolute atomic E-state index is 0.150. The molecule has 1 atom stereocenters. The van der Waals surface area contributed by atoms with Crippen molar-refractivity contribution >= 4 is 40.0 Å². The van der Waals surface area contributed by atoms with Gasteiger partial charge in [-0.15, -0.1) is 0 Å². The van der Waals surface area contributed by atoms with E-state index >= 15 is 0 Å². The summed E-state index contributed by atoms with van der Waals surface area (Å²) < 4.78 is 0. The fourth-order valence-electron chi connectivity index (χ4n) is 4.07. The molecule has 4 aromatic rings. The van der Waals surface area contributed by atoms with Crippen LogP contribution < -0.4 is 15.5 Å². The number of pyridine rings is 1. The van der Waals surface area contributed by atoms with Crippen LogP contribution in [-0.4, -0.2) is 28.6 Å². The van der Waals surface area contributed by atoms with Gasteiger partial charge in [-0.05, 0) is 36.8 Å². The lowest BCUT2D eigenvalue weighted by molar-refractivity contribution is 0.102. The second-order valence-electron chi connectivity index (χ2n) is 7.96. The molecule has 0 radical (unpaired) electrons. The first-order valence-corrected chi connectivity index (χ1v) is 10.6. The molecule has 7 nitrogen and oxygen atoms in total. The van der Waals surface area contributed by atoms with Crippen LogP contribution in [0.1, 0.15) is 27.6 Å². The molecule has 1 aromatic heterocycles. The minimum atomic E-state index is -0.748. The van der Waals surface area contributed by atoms with Crippen molar-refractivity contribution < 1.29 is 14.7 Å². The van der Waals surface area contributed by atoms with E-state index in [1.165, 1.54) is 4.90 Å². The number of rotatable bonds is 3. The average molecular weight is 438 g/mol. The number of para-hydroxylation sites is 2. The normalized spacial score (nSPS) is 14.7. The molecule has 3 amide bonds. The van der Waals surface area contributed by atoms with E-state index in [2.05, 4.69) is 15.6 Å². The van der Waals surface area contributed by atoms with Gasteiger partial charge < -0.3 is 15.7 Å². The summed E-state index contributed by atoms with van der Waals surface area (Å²) in [5.74, 6) is -0.0587. The first-order chi connectivity index (χ1) is 16.0. The van der Waals surface area contributed by atoms with Crippen molar-refractivity contribution in [3.8, 4) is 0 Å². The van der Waals surface area contributed by atoms with Crippen LogP contribution in [0.25, 0.3) is 10.9 Å². The third-order valence-electron chi connectivity index (χ3n) is 5.77. The summed E-state index contributed by atoms with van der Waals surface area (Å²) in [6.07, 6.45) is -0.748. The maximum Gasteiger partial charge on any atom is 0.326 e. The summed E-state index contributed by atoms with van der Waals surface area (Å²) in [6.45, 7) is 2.01.